The van der Waals surface area contributed by atoms with Crippen molar-refractivity contribution in [1.29, 1.82) is 0 Å². The van der Waals surface area contributed by atoms with E-state index >= 15 is 0 Å². The summed E-state index contributed by atoms with van der Waals surface area (Å²) >= 11 is 2.26. The van der Waals surface area contributed by atoms with Crippen LogP contribution in [-0.2, 0) is 0 Å². The van der Waals surface area contributed by atoms with Gasteiger partial charge in [-0.15, -0.1) is 0 Å². The Balaban J connectivity index is 2.09. The lowest BCUT2D eigenvalue weighted by Crippen LogP contribution is -2.43. The monoisotopic (exact) mass is 386 g/mol. The largest absolute Gasteiger partial charge is 0.336 e. The topological polar surface area (TPSA) is 32.3 Å². The third-order valence-electron chi connectivity index (χ3n) is 3.87. The Hall–Kier alpha value is -0.620. The van der Waals surface area contributed by atoms with Crippen LogP contribution in [0.4, 0.5) is 0 Å². The highest BCUT2D eigenvalue weighted by molar-refractivity contribution is 14.1. The molecule has 1 amide bonds. The van der Waals surface area contributed by atoms with Crippen molar-refractivity contribution in [1.82, 2.24) is 10.2 Å². The Morgan fingerprint density at radius 3 is 2.70 bits per heavy atom. The minimum absolute atomic E-state index is 0.164. The molecule has 0 atom stereocenters. The Labute approximate surface area is 135 Å². The predicted octanol–water partition coefficient (Wildman–Crippen LogP) is 3.14. The van der Waals surface area contributed by atoms with Crippen LogP contribution in [0, 0.1) is 9.49 Å². The second kappa shape index (κ2) is 7.41. The van der Waals surface area contributed by atoms with Crippen molar-refractivity contribution in [2.75, 3.05) is 19.6 Å². The van der Waals surface area contributed by atoms with Gasteiger partial charge < -0.3 is 10.2 Å². The number of nitrogens with zero attached hydrogens (tertiary/aromatic N) is 1. The summed E-state index contributed by atoms with van der Waals surface area (Å²) in [5, 5.41) is 3.38. The first-order valence-corrected chi connectivity index (χ1v) is 8.43. The van der Waals surface area contributed by atoms with Crippen LogP contribution in [0.3, 0.4) is 0 Å². The number of carbonyl (C=O) groups excluding carboxylic acids is 1. The molecule has 1 aliphatic rings. The summed E-state index contributed by atoms with van der Waals surface area (Å²) in [6, 6.07) is 8.11. The highest BCUT2D eigenvalue weighted by Crippen LogP contribution is 2.18. The number of amides is 1. The third-order valence-corrected chi connectivity index (χ3v) is 4.54. The maximum absolute atomic E-state index is 12.7. The zero-order valence-electron chi connectivity index (χ0n) is 12.2. The summed E-state index contributed by atoms with van der Waals surface area (Å²) in [7, 11) is 0. The van der Waals surface area contributed by atoms with Crippen molar-refractivity contribution in [2.45, 2.75) is 32.7 Å². The summed E-state index contributed by atoms with van der Waals surface area (Å²) in [5.74, 6) is 0.794. The molecule has 1 fully saturated rings. The van der Waals surface area contributed by atoms with Gasteiger partial charge >= 0.3 is 0 Å². The summed E-state index contributed by atoms with van der Waals surface area (Å²) in [6.45, 7) is 7.24. The van der Waals surface area contributed by atoms with E-state index in [4.69, 9.17) is 0 Å². The lowest BCUT2D eigenvalue weighted by Gasteiger charge is -2.33. The van der Waals surface area contributed by atoms with Gasteiger partial charge in [-0.2, -0.15) is 0 Å². The first-order valence-electron chi connectivity index (χ1n) is 7.35. The Morgan fingerprint density at radius 2 is 2.10 bits per heavy atom. The van der Waals surface area contributed by atoms with Crippen LogP contribution in [0.2, 0.25) is 0 Å². The van der Waals surface area contributed by atoms with Gasteiger partial charge in [0.05, 0.1) is 0 Å². The van der Waals surface area contributed by atoms with Crippen LogP contribution in [0.5, 0.6) is 0 Å². The summed E-state index contributed by atoms with van der Waals surface area (Å²) in [6.07, 6.45) is 2.34. The zero-order valence-corrected chi connectivity index (χ0v) is 14.4. The Morgan fingerprint density at radius 1 is 1.40 bits per heavy atom. The second-order valence-electron chi connectivity index (χ2n) is 5.75. The molecule has 0 spiro atoms. The zero-order chi connectivity index (χ0) is 14.5. The lowest BCUT2D eigenvalue weighted by molar-refractivity contribution is 0.0658. The normalized spacial score (nSPS) is 16.4. The van der Waals surface area contributed by atoms with Crippen molar-refractivity contribution in [3.8, 4) is 0 Å². The van der Waals surface area contributed by atoms with Gasteiger partial charge in [0, 0.05) is 21.7 Å². The van der Waals surface area contributed by atoms with Gasteiger partial charge in [0.25, 0.3) is 5.91 Å². The molecule has 1 saturated heterocycles. The summed E-state index contributed by atoms with van der Waals surface area (Å²) in [5.41, 5.74) is 0.805. The molecule has 0 aliphatic carbocycles. The molecular weight excluding hydrogens is 363 g/mol. The molecular formula is C16H23IN2O. The maximum Gasteiger partial charge on any atom is 0.254 e. The van der Waals surface area contributed by atoms with Crippen LogP contribution < -0.4 is 5.32 Å². The number of benzene rings is 1. The number of hydrogen-bond donors (Lipinski definition) is 1. The van der Waals surface area contributed by atoms with Gasteiger partial charge in [-0.3, -0.25) is 4.79 Å². The van der Waals surface area contributed by atoms with Crippen LogP contribution in [0.1, 0.15) is 37.0 Å². The van der Waals surface area contributed by atoms with E-state index in [1.54, 1.807) is 0 Å². The van der Waals surface area contributed by atoms with Gasteiger partial charge in [-0.1, -0.05) is 6.07 Å². The average molecular weight is 386 g/mol. The van der Waals surface area contributed by atoms with E-state index in [2.05, 4.69) is 41.8 Å². The standard InChI is InChI=1S/C16H23IN2O/c1-12(2)19(11-13-6-8-18-9-7-13)16(20)14-4-3-5-15(17)10-14/h3-5,10,12-13,18H,6-9,11H2,1-2H3. The Bertz CT molecular complexity index is 456. The number of carbonyl (C=O) groups is 1. The predicted molar refractivity (Wildman–Crippen MR) is 90.9 cm³/mol. The van der Waals surface area contributed by atoms with Crippen LogP contribution in [0.25, 0.3) is 0 Å². The van der Waals surface area contributed by atoms with E-state index in [1.807, 2.05) is 29.2 Å². The van der Waals surface area contributed by atoms with Gasteiger partial charge in [0.1, 0.15) is 0 Å². The fourth-order valence-electron chi connectivity index (χ4n) is 2.66. The molecule has 1 aromatic rings. The van der Waals surface area contributed by atoms with Crippen LogP contribution in [0.15, 0.2) is 24.3 Å². The number of rotatable bonds is 4. The molecule has 0 unspecified atom stereocenters. The molecule has 0 radical (unpaired) electrons. The van der Waals surface area contributed by atoms with Crippen LogP contribution >= 0.6 is 22.6 Å². The quantitative estimate of drug-likeness (QED) is 0.807. The van der Waals surface area contributed by atoms with Crippen molar-refractivity contribution in [3.05, 3.63) is 33.4 Å². The van der Waals surface area contributed by atoms with Crippen molar-refractivity contribution in [3.63, 3.8) is 0 Å². The number of nitrogens with one attached hydrogen (secondary N) is 1. The molecule has 0 saturated carbocycles. The molecule has 0 bridgehead atoms. The van der Waals surface area contributed by atoms with Crippen molar-refractivity contribution < 1.29 is 4.79 Å². The molecule has 110 valence electrons. The van der Waals surface area contributed by atoms with Crippen LogP contribution in [-0.4, -0.2) is 36.5 Å². The molecule has 20 heavy (non-hydrogen) atoms. The smallest absolute Gasteiger partial charge is 0.254 e. The summed E-state index contributed by atoms with van der Waals surface area (Å²) < 4.78 is 1.11. The van der Waals surface area contributed by atoms with Gasteiger partial charge in [0.2, 0.25) is 0 Å². The minimum atomic E-state index is 0.164. The van der Waals surface area contributed by atoms with E-state index in [1.165, 1.54) is 12.8 Å². The lowest BCUT2D eigenvalue weighted by atomic mass is 9.96. The van der Waals surface area contributed by atoms with Gasteiger partial charge in [0.15, 0.2) is 0 Å². The number of piperidine rings is 1. The van der Waals surface area contributed by atoms with Gasteiger partial charge in [-0.25, -0.2) is 0 Å². The van der Waals surface area contributed by atoms with E-state index in [-0.39, 0.29) is 11.9 Å². The van der Waals surface area contributed by atoms with E-state index < -0.39 is 0 Å². The molecule has 1 N–H and O–H groups in total. The highest BCUT2D eigenvalue weighted by Gasteiger charge is 2.23. The fraction of sp³-hybridized carbons (Fsp3) is 0.562. The first kappa shape index (κ1) is 15.8. The molecule has 3 nitrogen and oxygen atoms in total. The third kappa shape index (κ3) is 4.19. The average Bonchev–Trinajstić information content (AvgIpc) is 2.45. The first-order chi connectivity index (χ1) is 9.58. The van der Waals surface area contributed by atoms with Crippen molar-refractivity contribution >= 4 is 28.5 Å². The molecule has 0 aromatic heterocycles. The van der Waals surface area contributed by atoms with E-state index in [0.717, 1.165) is 28.8 Å². The Kier molecular flexibility index (Phi) is 5.84. The van der Waals surface area contributed by atoms with E-state index in [9.17, 15) is 4.79 Å². The molecule has 2 rings (SSSR count). The summed E-state index contributed by atoms with van der Waals surface area (Å²) in [4.78, 5) is 14.7. The van der Waals surface area contributed by atoms with Gasteiger partial charge in [-0.05, 0) is 86.5 Å². The van der Waals surface area contributed by atoms with E-state index in [0.29, 0.717) is 5.92 Å². The maximum atomic E-state index is 12.7. The fourth-order valence-corrected chi connectivity index (χ4v) is 3.20. The number of halogens is 1. The molecule has 1 aromatic carbocycles. The molecule has 4 heteroatoms. The molecule has 1 heterocycles. The SMILES string of the molecule is CC(C)N(CC1CCNCC1)C(=O)c1cccc(I)c1. The number of hydrogen-bond acceptors (Lipinski definition) is 2. The molecule has 1 aliphatic heterocycles. The highest BCUT2D eigenvalue weighted by atomic mass is 127. The minimum Gasteiger partial charge on any atom is -0.336 e. The van der Waals surface area contributed by atoms with Crippen molar-refractivity contribution in [2.24, 2.45) is 5.92 Å². The second-order valence-corrected chi connectivity index (χ2v) is 7.00.